The normalized spacial score (nSPS) is 18.3. The van der Waals surface area contributed by atoms with Gasteiger partial charge in [0.1, 0.15) is 12.1 Å². The lowest BCUT2D eigenvalue weighted by Gasteiger charge is -2.27. The highest BCUT2D eigenvalue weighted by Crippen LogP contribution is 2.19. The number of aliphatic carboxylic acids is 2. The molecule has 0 bridgehead atoms. The average Bonchev–Trinajstić information content (AvgIpc) is 3.15. The molecule has 1 fully saturated rings. The molecule has 9 nitrogen and oxygen atoms in total. The number of nitrogens with two attached hydrogens (primary N) is 1. The molecule has 2 rings (SSSR count). The molecule has 0 aromatic heterocycles. The molecular formula is C19H25N3O6. The summed E-state index contributed by atoms with van der Waals surface area (Å²) in [4.78, 5) is 48.7. The van der Waals surface area contributed by atoms with Gasteiger partial charge in [-0.2, -0.15) is 0 Å². The van der Waals surface area contributed by atoms with Gasteiger partial charge in [-0.3, -0.25) is 14.4 Å². The molecule has 1 heterocycles. The van der Waals surface area contributed by atoms with Crippen LogP contribution in [0.2, 0.25) is 0 Å². The zero-order valence-electron chi connectivity index (χ0n) is 15.4. The minimum absolute atomic E-state index is 0.0231. The van der Waals surface area contributed by atoms with Crippen LogP contribution in [-0.2, 0) is 25.6 Å². The van der Waals surface area contributed by atoms with E-state index in [4.69, 9.17) is 10.8 Å². The van der Waals surface area contributed by atoms with Gasteiger partial charge >= 0.3 is 11.9 Å². The fraction of sp³-hybridized carbons (Fsp3) is 0.474. The molecule has 1 aliphatic rings. The smallest absolute Gasteiger partial charge is 0.326 e. The number of nitrogens with zero attached hydrogens (tertiary/aromatic N) is 1. The van der Waals surface area contributed by atoms with Crippen molar-refractivity contribution in [1.29, 1.82) is 0 Å². The molecule has 3 atom stereocenters. The van der Waals surface area contributed by atoms with Gasteiger partial charge in [0, 0.05) is 19.4 Å². The van der Waals surface area contributed by atoms with Crippen LogP contribution >= 0.6 is 0 Å². The summed E-state index contributed by atoms with van der Waals surface area (Å²) in [7, 11) is 0. The molecule has 0 aliphatic carbocycles. The van der Waals surface area contributed by atoms with E-state index in [-0.39, 0.29) is 19.3 Å². The zero-order valence-corrected chi connectivity index (χ0v) is 15.4. The second-order valence-electron chi connectivity index (χ2n) is 6.82. The van der Waals surface area contributed by atoms with Crippen molar-refractivity contribution in [2.24, 2.45) is 5.73 Å². The fourth-order valence-corrected chi connectivity index (χ4v) is 3.24. The molecule has 0 spiro atoms. The molecule has 2 amide bonds. The van der Waals surface area contributed by atoms with Gasteiger partial charge < -0.3 is 26.2 Å². The van der Waals surface area contributed by atoms with Crippen molar-refractivity contribution in [2.75, 3.05) is 6.54 Å². The van der Waals surface area contributed by atoms with Gasteiger partial charge in [0.05, 0.1) is 6.04 Å². The first-order valence-electron chi connectivity index (χ1n) is 9.14. The maximum absolute atomic E-state index is 12.7. The van der Waals surface area contributed by atoms with Crippen LogP contribution in [-0.4, -0.2) is 63.5 Å². The number of rotatable bonds is 9. The van der Waals surface area contributed by atoms with Gasteiger partial charge in [0.25, 0.3) is 0 Å². The van der Waals surface area contributed by atoms with E-state index >= 15 is 0 Å². The Bertz CT molecular complexity index is 724. The Labute approximate surface area is 162 Å². The van der Waals surface area contributed by atoms with Crippen molar-refractivity contribution in [2.45, 2.75) is 50.2 Å². The maximum Gasteiger partial charge on any atom is 0.326 e. The molecular weight excluding hydrogens is 366 g/mol. The number of carbonyl (C=O) groups is 4. The molecule has 1 aromatic rings. The molecule has 1 saturated heterocycles. The van der Waals surface area contributed by atoms with E-state index in [1.165, 1.54) is 4.90 Å². The number of likely N-dealkylation sites (tertiary alicyclic amines) is 1. The van der Waals surface area contributed by atoms with Crippen molar-refractivity contribution in [1.82, 2.24) is 10.2 Å². The lowest BCUT2D eigenvalue weighted by atomic mass is 10.0. The molecule has 9 heteroatoms. The first-order valence-corrected chi connectivity index (χ1v) is 9.14. The monoisotopic (exact) mass is 391 g/mol. The first-order chi connectivity index (χ1) is 13.3. The van der Waals surface area contributed by atoms with E-state index in [9.17, 15) is 24.3 Å². The molecule has 0 unspecified atom stereocenters. The molecule has 28 heavy (non-hydrogen) atoms. The number of hydrogen-bond donors (Lipinski definition) is 4. The van der Waals surface area contributed by atoms with E-state index < -0.39 is 41.9 Å². The standard InChI is InChI=1S/C19H25N3O6/c20-13(8-9-16(23)24)18(26)22-10-4-7-15(22)17(25)21-14(19(27)28)11-12-5-2-1-3-6-12/h1-3,5-6,13-15H,4,7-11,20H2,(H,21,25)(H,23,24)(H,27,28)/t13-,14-,15-/m0/s1. The lowest BCUT2D eigenvalue weighted by Crippen LogP contribution is -2.54. The first kappa shape index (κ1) is 21.4. The minimum Gasteiger partial charge on any atom is -0.481 e. The number of benzene rings is 1. The maximum atomic E-state index is 12.7. The van der Waals surface area contributed by atoms with Crippen molar-refractivity contribution >= 4 is 23.8 Å². The summed E-state index contributed by atoms with van der Waals surface area (Å²) in [5.41, 5.74) is 6.55. The summed E-state index contributed by atoms with van der Waals surface area (Å²) in [5, 5.41) is 20.7. The predicted molar refractivity (Wildman–Crippen MR) is 99.3 cm³/mol. The van der Waals surface area contributed by atoms with E-state index in [0.717, 1.165) is 5.56 Å². The Balaban J connectivity index is 2.01. The molecule has 1 aliphatic heterocycles. The average molecular weight is 391 g/mol. The van der Waals surface area contributed by atoms with Crippen molar-refractivity contribution in [3.63, 3.8) is 0 Å². The quantitative estimate of drug-likeness (QED) is 0.462. The second-order valence-corrected chi connectivity index (χ2v) is 6.82. The van der Waals surface area contributed by atoms with Gasteiger partial charge in [-0.15, -0.1) is 0 Å². The van der Waals surface area contributed by atoms with E-state index in [1.54, 1.807) is 24.3 Å². The molecule has 0 radical (unpaired) electrons. The van der Waals surface area contributed by atoms with Crippen molar-refractivity contribution in [3.05, 3.63) is 35.9 Å². The van der Waals surface area contributed by atoms with E-state index in [1.807, 2.05) is 6.07 Å². The molecule has 152 valence electrons. The summed E-state index contributed by atoms with van der Waals surface area (Å²) >= 11 is 0. The van der Waals surface area contributed by atoms with Crippen molar-refractivity contribution < 1.29 is 29.4 Å². The summed E-state index contributed by atoms with van der Waals surface area (Å²) in [6.45, 7) is 0.327. The third kappa shape index (κ3) is 5.78. The van der Waals surface area contributed by atoms with E-state index in [0.29, 0.717) is 19.4 Å². The Morgan fingerprint density at radius 3 is 2.46 bits per heavy atom. The third-order valence-electron chi connectivity index (χ3n) is 4.72. The second kappa shape index (κ2) is 9.84. The van der Waals surface area contributed by atoms with Crippen LogP contribution < -0.4 is 11.1 Å². The molecule has 0 saturated carbocycles. The largest absolute Gasteiger partial charge is 0.481 e. The van der Waals surface area contributed by atoms with Crippen LogP contribution in [0.1, 0.15) is 31.2 Å². The Morgan fingerprint density at radius 1 is 1.18 bits per heavy atom. The van der Waals surface area contributed by atoms with Gasteiger partial charge in [0.15, 0.2) is 0 Å². The summed E-state index contributed by atoms with van der Waals surface area (Å²) in [6, 6.07) is 5.99. The van der Waals surface area contributed by atoms with Gasteiger partial charge in [-0.25, -0.2) is 4.79 Å². The predicted octanol–water partition coefficient (Wildman–Crippen LogP) is -0.0184. The minimum atomic E-state index is -1.16. The Hall–Kier alpha value is -2.94. The van der Waals surface area contributed by atoms with Crippen LogP contribution in [0.4, 0.5) is 0 Å². The SMILES string of the molecule is N[C@@H](CCC(=O)O)C(=O)N1CCC[C@H]1C(=O)N[C@@H](Cc1ccccc1)C(=O)O. The van der Waals surface area contributed by atoms with Crippen LogP contribution in [0.5, 0.6) is 0 Å². The third-order valence-corrected chi connectivity index (χ3v) is 4.72. The highest BCUT2D eigenvalue weighted by atomic mass is 16.4. The lowest BCUT2D eigenvalue weighted by molar-refractivity contribution is -0.144. The number of amides is 2. The van der Waals surface area contributed by atoms with Crippen LogP contribution in [0.25, 0.3) is 0 Å². The summed E-state index contributed by atoms with van der Waals surface area (Å²) in [6.07, 6.45) is 0.855. The molecule has 5 N–H and O–H groups in total. The van der Waals surface area contributed by atoms with Crippen LogP contribution in [0, 0.1) is 0 Å². The van der Waals surface area contributed by atoms with Gasteiger partial charge in [-0.05, 0) is 24.8 Å². The molecule has 1 aromatic carbocycles. The number of hydrogen-bond acceptors (Lipinski definition) is 5. The highest BCUT2D eigenvalue weighted by Gasteiger charge is 2.37. The number of carbonyl (C=O) groups excluding carboxylic acids is 2. The zero-order chi connectivity index (χ0) is 20.7. The topological polar surface area (TPSA) is 150 Å². The summed E-state index contributed by atoms with van der Waals surface area (Å²) in [5.74, 6) is -3.25. The summed E-state index contributed by atoms with van der Waals surface area (Å²) < 4.78 is 0. The number of nitrogens with one attached hydrogen (secondary N) is 1. The van der Waals surface area contributed by atoms with Gasteiger partial charge in [-0.1, -0.05) is 30.3 Å². The fourth-order valence-electron chi connectivity index (χ4n) is 3.24. The van der Waals surface area contributed by atoms with E-state index in [2.05, 4.69) is 5.32 Å². The number of carboxylic acid groups (broad SMARTS) is 2. The Morgan fingerprint density at radius 2 is 1.86 bits per heavy atom. The highest BCUT2D eigenvalue weighted by molar-refractivity contribution is 5.92. The van der Waals surface area contributed by atoms with Crippen LogP contribution in [0.15, 0.2) is 30.3 Å². The van der Waals surface area contributed by atoms with Crippen LogP contribution in [0.3, 0.4) is 0 Å². The van der Waals surface area contributed by atoms with Crippen molar-refractivity contribution in [3.8, 4) is 0 Å². The number of carboxylic acids is 2. The van der Waals surface area contributed by atoms with Gasteiger partial charge in [0.2, 0.25) is 11.8 Å². The Kier molecular flexibility index (Phi) is 7.51.